The van der Waals surface area contributed by atoms with Crippen molar-refractivity contribution >= 4 is 28.8 Å². The summed E-state index contributed by atoms with van der Waals surface area (Å²) >= 11 is 0. The Morgan fingerprint density at radius 1 is 0.788 bits per heavy atom. The second kappa shape index (κ2) is 8.70. The third kappa shape index (κ3) is 4.67. The molecule has 1 aliphatic heterocycles. The molecule has 1 heterocycles. The van der Waals surface area contributed by atoms with E-state index >= 15 is 0 Å². The molecule has 0 fully saturated rings. The zero-order valence-electron chi connectivity index (χ0n) is 17.2. The number of amides is 2. The summed E-state index contributed by atoms with van der Waals surface area (Å²) in [5, 5.41) is 3.00. The first-order valence-corrected chi connectivity index (χ1v) is 9.72. The zero-order chi connectivity index (χ0) is 23.6. The van der Waals surface area contributed by atoms with Gasteiger partial charge in [-0.05, 0) is 54.1 Å². The second-order valence-electron chi connectivity index (χ2n) is 6.96. The van der Waals surface area contributed by atoms with Crippen LogP contribution in [0.15, 0.2) is 84.6 Å². The van der Waals surface area contributed by atoms with E-state index in [2.05, 4.69) is 10.1 Å². The Bertz CT molecular complexity index is 1210. The molecule has 0 saturated carbocycles. The zero-order valence-corrected chi connectivity index (χ0v) is 17.2. The van der Waals surface area contributed by atoms with Crippen molar-refractivity contribution in [3.05, 3.63) is 90.1 Å². The van der Waals surface area contributed by atoms with Crippen molar-refractivity contribution in [2.75, 3.05) is 17.3 Å². The smallest absolute Gasteiger partial charge is 0.497 e. The van der Waals surface area contributed by atoms with E-state index in [4.69, 9.17) is 4.74 Å². The molecule has 0 aromatic heterocycles. The molecule has 0 atom stereocenters. The van der Waals surface area contributed by atoms with Gasteiger partial charge < -0.3 is 14.8 Å². The first kappa shape index (κ1) is 21.9. The van der Waals surface area contributed by atoms with Gasteiger partial charge >= 0.3 is 6.36 Å². The molecule has 1 N–H and O–H groups in total. The summed E-state index contributed by atoms with van der Waals surface area (Å²) in [6, 6.07) is 19.9. The lowest BCUT2D eigenvalue weighted by atomic mass is 10.0. The number of methoxy groups -OCH3 is 1. The highest BCUT2D eigenvalue weighted by Gasteiger charge is 2.40. The normalized spacial score (nSPS) is 14.0. The molecule has 0 unspecified atom stereocenters. The Morgan fingerprint density at radius 2 is 1.39 bits per heavy atom. The lowest BCUT2D eigenvalue weighted by molar-refractivity contribution is -0.274. The predicted octanol–water partition coefficient (Wildman–Crippen LogP) is 4.99. The van der Waals surface area contributed by atoms with E-state index in [1.807, 2.05) is 0 Å². The number of carbonyl (C=O) groups is 2. The summed E-state index contributed by atoms with van der Waals surface area (Å²) in [5.41, 5.74) is 1.38. The minimum atomic E-state index is -4.85. The lowest BCUT2D eigenvalue weighted by Crippen LogP contribution is -2.32. The van der Waals surface area contributed by atoms with Crippen LogP contribution >= 0.6 is 0 Å². The van der Waals surface area contributed by atoms with Crippen LogP contribution < -0.4 is 19.7 Å². The van der Waals surface area contributed by atoms with Crippen LogP contribution in [0.2, 0.25) is 0 Å². The average molecular weight is 454 g/mol. The second-order valence-corrected chi connectivity index (χ2v) is 6.96. The summed E-state index contributed by atoms with van der Waals surface area (Å²) in [5.74, 6) is -1.08. The monoisotopic (exact) mass is 454 g/mol. The maximum atomic E-state index is 13.3. The lowest BCUT2D eigenvalue weighted by Gasteiger charge is -2.16. The number of benzene rings is 3. The molecule has 9 heteroatoms. The fraction of sp³-hybridized carbons (Fsp3) is 0.0833. The Labute approximate surface area is 186 Å². The van der Waals surface area contributed by atoms with E-state index in [9.17, 15) is 22.8 Å². The Balaban J connectivity index is 1.70. The van der Waals surface area contributed by atoms with Crippen LogP contribution in [0.1, 0.15) is 5.56 Å². The number of nitrogens with zero attached hydrogens (tertiary/aromatic N) is 1. The fourth-order valence-electron chi connectivity index (χ4n) is 3.37. The van der Waals surface area contributed by atoms with Gasteiger partial charge in [0.25, 0.3) is 11.8 Å². The minimum Gasteiger partial charge on any atom is -0.497 e. The van der Waals surface area contributed by atoms with Crippen LogP contribution in [0.5, 0.6) is 11.5 Å². The van der Waals surface area contributed by atoms with Gasteiger partial charge in [-0.25, -0.2) is 4.90 Å². The summed E-state index contributed by atoms with van der Waals surface area (Å²) in [4.78, 5) is 27.5. The molecule has 2 amide bonds. The maximum Gasteiger partial charge on any atom is 0.573 e. The molecular weight excluding hydrogens is 437 g/mol. The number of hydrogen-bond acceptors (Lipinski definition) is 5. The SMILES string of the molecule is COc1ccc(NC2=C(c3ccccc3)C(=O)N(c3ccc(OC(F)(F)F)cc3)C2=O)cc1. The fourth-order valence-corrected chi connectivity index (χ4v) is 3.37. The van der Waals surface area contributed by atoms with E-state index in [-0.39, 0.29) is 17.0 Å². The number of hydrogen-bond donors (Lipinski definition) is 1. The van der Waals surface area contributed by atoms with Crippen LogP contribution in [0.4, 0.5) is 24.5 Å². The highest BCUT2D eigenvalue weighted by Crippen LogP contribution is 2.35. The number of anilines is 2. The highest BCUT2D eigenvalue weighted by atomic mass is 19.4. The number of nitrogens with one attached hydrogen (secondary N) is 1. The van der Waals surface area contributed by atoms with Gasteiger partial charge in [0.2, 0.25) is 0 Å². The molecule has 0 spiro atoms. The van der Waals surface area contributed by atoms with Gasteiger partial charge in [-0.15, -0.1) is 13.2 Å². The average Bonchev–Trinajstić information content (AvgIpc) is 3.04. The third-order valence-electron chi connectivity index (χ3n) is 4.83. The van der Waals surface area contributed by atoms with Crippen molar-refractivity contribution in [1.29, 1.82) is 0 Å². The van der Waals surface area contributed by atoms with Crippen molar-refractivity contribution < 1.29 is 32.2 Å². The van der Waals surface area contributed by atoms with E-state index in [1.165, 1.54) is 19.2 Å². The van der Waals surface area contributed by atoms with Gasteiger partial charge in [-0.1, -0.05) is 30.3 Å². The van der Waals surface area contributed by atoms with E-state index in [0.29, 0.717) is 17.0 Å². The number of imide groups is 1. The molecule has 4 rings (SSSR count). The maximum absolute atomic E-state index is 13.3. The van der Waals surface area contributed by atoms with Crippen LogP contribution in [-0.4, -0.2) is 25.3 Å². The molecule has 0 aliphatic carbocycles. The van der Waals surface area contributed by atoms with E-state index < -0.39 is 23.9 Å². The summed E-state index contributed by atoms with van der Waals surface area (Å²) in [7, 11) is 1.53. The summed E-state index contributed by atoms with van der Waals surface area (Å²) < 4.78 is 46.3. The van der Waals surface area contributed by atoms with Crippen LogP contribution in [-0.2, 0) is 9.59 Å². The summed E-state index contributed by atoms with van der Waals surface area (Å²) in [6.45, 7) is 0. The van der Waals surface area contributed by atoms with Gasteiger partial charge in [0.15, 0.2) is 0 Å². The topological polar surface area (TPSA) is 67.9 Å². The number of alkyl halides is 3. The first-order chi connectivity index (χ1) is 15.8. The van der Waals surface area contributed by atoms with Crippen LogP contribution in [0, 0.1) is 0 Å². The molecular formula is C24H17F3N2O4. The number of halogens is 3. The van der Waals surface area contributed by atoms with E-state index in [0.717, 1.165) is 17.0 Å². The highest BCUT2D eigenvalue weighted by molar-refractivity contribution is 6.46. The van der Waals surface area contributed by atoms with E-state index in [1.54, 1.807) is 54.6 Å². The standard InChI is InChI=1S/C24H17F3N2O4/c1-32-18-11-7-16(8-12-18)28-21-20(15-5-3-2-4-6-15)22(30)29(23(21)31)17-9-13-19(14-10-17)33-24(25,26)27/h2-14,28H,1H3. The van der Waals surface area contributed by atoms with Gasteiger partial charge in [0.1, 0.15) is 17.2 Å². The van der Waals surface area contributed by atoms with Crippen molar-refractivity contribution in [3.63, 3.8) is 0 Å². The van der Waals surface area contributed by atoms with Gasteiger partial charge in [-0.3, -0.25) is 9.59 Å². The van der Waals surface area contributed by atoms with Gasteiger partial charge in [0.05, 0.1) is 18.4 Å². The molecule has 0 radical (unpaired) electrons. The summed E-state index contributed by atoms with van der Waals surface area (Å²) in [6.07, 6.45) is -4.85. The minimum absolute atomic E-state index is 0.0481. The predicted molar refractivity (Wildman–Crippen MR) is 116 cm³/mol. The van der Waals surface area contributed by atoms with Crippen LogP contribution in [0.25, 0.3) is 5.57 Å². The molecule has 168 valence electrons. The van der Waals surface area contributed by atoms with Gasteiger partial charge in [-0.2, -0.15) is 0 Å². The van der Waals surface area contributed by atoms with Crippen LogP contribution in [0.3, 0.4) is 0 Å². The number of rotatable bonds is 6. The van der Waals surface area contributed by atoms with Crippen molar-refractivity contribution in [3.8, 4) is 11.5 Å². The Kier molecular flexibility index (Phi) is 5.78. The first-order valence-electron chi connectivity index (χ1n) is 9.72. The molecule has 0 bridgehead atoms. The molecule has 1 aliphatic rings. The Hall–Kier alpha value is -4.27. The van der Waals surface area contributed by atoms with Gasteiger partial charge in [0, 0.05) is 5.69 Å². The number of ether oxygens (including phenoxy) is 2. The largest absolute Gasteiger partial charge is 0.573 e. The Morgan fingerprint density at radius 3 is 1.97 bits per heavy atom. The van der Waals surface area contributed by atoms with Crippen molar-refractivity contribution in [2.24, 2.45) is 0 Å². The molecule has 6 nitrogen and oxygen atoms in total. The van der Waals surface area contributed by atoms with Crippen molar-refractivity contribution in [2.45, 2.75) is 6.36 Å². The van der Waals surface area contributed by atoms with Crippen molar-refractivity contribution in [1.82, 2.24) is 0 Å². The molecule has 0 saturated heterocycles. The molecule has 3 aromatic carbocycles. The molecule has 33 heavy (non-hydrogen) atoms. The third-order valence-corrected chi connectivity index (χ3v) is 4.83. The quantitative estimate of drug-likeness (QED) is 0.532. The number of carbonyl (C=O) groups excluding carboxylic acids is 2. The molecule has 3 aromatic rings.